The summed E-state index contributed by atoms with van der Waals surface area (Å²) in [6, 6.07) is 0.383. The van der Waals surface area contributed by atoms with Gasteiger partial charge in [-0.05, 0) is 14.0 Å². The molecule has 1 fully saturated rings. The summed E-state index contributed by atoms with van der Waals surface area (Å²) in [7, 11) is 2.16. The number of hydrogen-bond acceptors (Lipinski definition) is 5. The minimum Gasteiger partial charge on any atom is -0.306 e. The molecule has 1 aliphatic rings. The van der Waals surface area contributed by atoms with E-state index in [0.717, 1.165) is 32.7 Å². The van der Waals surface area contributed by atoms with Crippen LogP contribution in [0.5, 0.6) is 0 Å². The van der Waals surface area contributed by atoms with Crippen LogP contribution in [0.2, 0.25) is 0 Å². The van der Waals surface area contributed by atoms with Gasteiger partial charge in [-0.3, -0.25) is 9.88 Å². The number of rotatable bonds is 5. The maximum Gasteiger partial charge on any atom is 0.340 e. The molecule has 0 bridgehead atoms. The van der Waals surface area contributed by atoms with Crippen molar-refractivity contribution in [1.82, 2.24) is 30.3 Å². The van der Waals surface area contributed by atoms with E-state index < -0.39 is 0 Å². The minimum atomic E-state index is -0.251. The van der Waals surface area contributed by atoms with Gasteiger partial charge in [-0.2, -0.15) is 5.10 Å². The number of nitrogens with zero attached hydrogens (tertiary/aromatic N) is 3. The lowest BCUT2D eigenvalue weighted by atomic mass is 10.2. The Kier molecular flexibility index (Phi) is 4.51. The molecule has 1 aromatic heterocycles. The van der Waals surface area contributed by atoms with Crippen LogP contribution in [-0.4, -0.2) is 70.8 Å². The van der Waals surface area contributed by atoms with Gasteiger partial charge in [0.05, 0.1) is 6.54 Å². The van der Waals surface area contributed by atoms with Gasteiger partial charge in [-0.15, -0.1) is 0 Å². The predicted molar refractivity (Wildman–Crippen MR) is 69.4 cm³/mol. The zero-order chi connectivity index (χ0) is 13.0. The van der Waals surface area contributed by atoms with Gasteiger partial charge in [-0.1, -0.05) is 0 Å². The molecule has 2 heterocycles. The normalized spacial score (nSPS) is 20.1. The van der Waals surface area contributed by atoms with Crippen LogP contribution in [0, 0.1) is 0 Å². The fourth-order valence-corrected chi connectivity index (χ4v) is 2.14. The topological polar surface area (TPSA) is 80.0 Å². The highest BCUT2D eigenvalue weighted by atomic mass is 16.1. The Morgan fingerprint density at radius 2 is 2.11 bits per heavy atom. The molecule has 1 aliphatic heterocycles. The molecule has 0 aliphatic carbocycles. The van der Waals surface area contributed by atoms with Crippen molar-refractivity contribution < 1.29 is 0 Å². The number of hydrogen-bond donors (Lipinski definition) is 3. The van der Waals surface area contributed by atoms with Crippen molar-refractivity contribution >= 4 is 0 Å². The third kappa shape index (κ3) is 3.94. The average molecular weight is 254 g/mol. The molecule has 0 aromatic carbocycles. The molecule has 7 nitrogen and oxygen atoms in total. The van der Waals surface area contributed by atoms with E-state index in [1.54, 1.807) is 0 Å². The fraction of sp³-hybridized carbons (Fsp3) is 0.818. The van der Waals surface area contributed by atoms with E-state index in [-0.39, 0.29) is 5.69 Å². The van der Waals surface area contributed by atoms with Crippen LogP contribution in [0.25, 0.3) is 0 Å². The molecule has 3 N–H and O–H groups in total. The molecule has 0 spiro atoms. The summed E-state index contributed by atoms with van der Waals surface area (Å²) in [4.78, 5) is 18.3. The second-order valence-corrected chi connectivity index (χ2v) is 5.01. The third-order valence-corrected chi connectivity index (χ3v) is 3.30. The molecule has 102 valence electrons. The minimum absolute atomic E-state index is 0.251. The van der Waals surface area contributed by atoms with Crippen molar-refractivity contribution in [3.63, 3.8) is 0 Å². The van der Waals surface area contributed by atoms with E-state index in [4.69, 9.17) is 0 Å². The first-order valence-electron chi connectivity index (χ1n) is 6.41. The monoisotopic (exact) mass is 254 g/mol. The lowest BCUT2D eigenvalue weighted by Gasteiger charge is -2.34. The maximum atomic E-state index is 10.9. The van der Waals surface area contributed by atoms with Crippen LogP contribution in [0.4, 0.5) is 0 Å². The van der Waals surface area contributed by atoms with Crippen LogP contribution in [0.3, 0.4) is 0 Å². The van der Waals surface area contributed by atoms with Crippen LogP contribution < -0.4 is 11.0 Å². The fourth-order valence-electron chi connectivity index (χ4n) is 2.14. The van der Waals surface area contributed by atoms with Gasteiger partial charge in [0.1, 0.15) is 5.82 Å². The van der Waals surface area contributed by atoms with Gasteiger partial charge >= 0.3 is 5.69 Å². The van der Waals surface area contributed by atoms with E-state index in [1.807, 2.05) is 0 Å². The maximum absolute atomic E-state index is 10.9. The Bertz CT molecular complexity index is 406. The van der Waals surface area contributed by atoms with Gasteiger partial charge in [0, 0.05) is 38.8 Å². The van der Waals surface area contributed by atoms with E-state index in [0.29, 0.717) is 18.4 Å². The molecule has 1 atom stereocenters. The van der Waals surface area contributed by atoms with E-state index in [9.17, 15) is 4.79 Å². The lowest BCUT2D eigenvalue weighted by molar-refractivity contribution is 0.144. The van der Waals surface area contributed by atoms with Crippen molar-refractivity contribution in [3.05, 3.63) is 16.3 Å². The summed E-state index contributed by atoms with van der Waals surface area (Å²) in [5.41, 5.74) is -0.251. The smallest absolute Gasteiger partial charge is 0.306 e. The zero-order valence-corrected chi connectivity index (χ0v) is 11.1. The van der Waals surface area contributed by atoms with Gasteiger partial charge in [-0.25, -0.2) is 9.89 Å². The molecule has 0 radical (unpaired) electrons. The van der Waals surface area contributed by atoms with E-state index in [1.165, 1.54) is 0 Å². The number of nitrogens with one attached hydrogen (secondary N) is 3. The largest absolute Gasteiger partial charge is 0.340 e. The second kappa shape index (κ2) is 6.12. The highest BCUT2D eigenvalue weighted by Crippen LogP contribution is 2.00. The number of piperazine rings is 1. The number of likely N-dealkylation sites (N-methyl/N-ethyl adjacent to an activating group) is 1. The molecule has 1 saturated heterocycles. The Morgan fingerprint density at radius 3 is 2.72 bits per heavy atom. The number of H-pyrrole nitrogens is 2. The van der Waals surface area contributed by atoms with Gasteiger partial charge in [0.2, 0.25) is 0 Å². The van der Waals surface area contributed by atoms with E-state index in [2.05, 4.69) is 44.3 Å². The highest BCUT2D eigenvalue weighted by molar-refractivity contribution is 4.81. The summed E-state index contributed by atoms with van der Waals surface area (Å²) in [5, 5.41) is 9.59. The molecule has 1 aromatic rings. The Balaban J connectivity index is 1.68. The number of aromatic amines is 2. The van der Waals surface area contributed by atoms with Crippen molar-refractivity contribution in [1.29, 1.82) is 0 Å². The first-order chi connectivity index (χ1) is 8.63. The lowest BCUT2D eigenvalue weighted by Crippen LogP contribution is -2.48. The van der Waals surface area contributed by atoms with Gasteiger partial charge < -0.3 is 10.2 Å². The summed E-state index contributed by atoms with van der Waals surface area (Å²) in [5.74, 6) is 0.658. The van der Waals surface area contributed by atoms with Crippen LogP contribution in [0.1, 0.15) is 12.7 Å². The summed E-state index contributed by atoms with van der Waals surface area (Å²) in [6.45, 7) is 8.31. The first-order valence-corrected chi connectivity index (χ1v) is 6.41. The van der Waals surface area contributed by atoms with Gasteiger partial charge in [0.15, 0.2) is 0 Å². The summed E-state index contributed by atoms with van der Waals surface area (Å²) < 4.78 is 0. The van der Waals surface area contributed by atoms with Crippen LogP contribution >= 0.6 is 0 Å². The Hall–Kier alpha value is -1.18. The third-order valence-electron chi connectivity index (χ3n) is 3.30. The summed E-state index contributed by atoms with van der Waals surface area (Å²) >= 11 is 0. The molecule has 7 heteroatoms. The van der Waals surface area contributed by atoms with Crippen molar-refractivity contribution in [2.24, 2.45) is 0 Å². The van der Waals surface area contributed by atoms with Crippen molar-refractivity contribution in [3.8, 4) is 0 Å². The van der Waals surface area contributed by atoms with Crippen LogP contribution in [0.15, 0.2) is 4.79 Å². The Labute approximate surface area is 107 Å². The standard InChI is InChI=1S/C11H22N6O/c1-9(8-17-5-3-16(2)4-6-17)12-7-10-13-11(18)15-14-10/h9,12H,3-8H2,1-2H3,(H2,13,14,15,18). The first kappa shape index (κ1) is 13.3. The second-order valence-electron chi connectivity index (χ2n) is 5.01. The summed E-state index contributed by atoms with van der Waals surface area (Å²) in [6.07, 6.45) is 0. The van der Waals surface area contributed by atoms with Crippen molar-refractivity contribution in [2.45, 2.75) is 19.5 Å². The zero-order valence-electron chi connectivity index (χ0n) is 11.1. The highest BCUT2D eigenvalue weighted by Gasteiger charge is 2.15. The SMILES string of the molecule is CC(CN1CCN(C)CC1)NCc1n[nH]c(=O)[nH]1. The Morgan fingerprint density at radius 1 is 1.39 bits per heavy atom. The predicted octanol–water partition coefficient (Wildman–Crippen LogP) is -1.18. The van der Waals surface area contributed by atoms with Crippen LogP contribution in [-0.2, 0) is 6.54 Å². The van der Waals surface area contributed by atoms with E-state index >= 15 is 0 Å². The molecule has 2 rings (SSSR count). The molecule has 0 saturated carbocycles. The van der Waals surface area contributed by atoms with Crippen molar-refractivity contribution in [2.75, 3.05) is 39.8 Å². The number of aromatic nitrogens is 3. The molecular weight excluding hydrogens is 232 g/mol. The molecule has 0 amide bonds. The average Bonchev–Trinajstić information content (AvgIpc) is 2.76. The molecular formula is C11H22N6O. The quantitative estimate of drug-likeness (QED) is 0.616. The van der Waals surface area contributed by atoms with Gasteiger partial charge in [0.25, 0.3) is 0 Å². The molecule has 18 heavy (non-hydrogen) atoms. The molecule has 1 unspecified atom stereocenters.